The van der Waals surface area contributed by atoms with E-state index in [1.807, 2.05) is 31.2 Å². The van der Waals surface area contributed by atoms with Gasteiger partial charge in [0.15, 0.2) is 0 Å². The molecule has 0 saturated carbocycles. The van der Waals surface area contributed by atoms with Gasteiger partial charge in [0.1, 0.15) is 5.78 Å². The monoisotopic (exact) mass is 310 g/mol. The van der Waals surface area contributed by atoms with Gasteiger partial charge >= 0.3 is 5.97 Å². The molecule has 0 fully saturated rings. The van der Waals surface area contributed by atoms with Crippen LogP contribution in [-0.4, -0.2) is 16.9 Å². The Balaban J connectivity index is 2.56. The molecule has 0 unspecified atom stereocenters. The van der Waals surface area contributed by atoms with E-state index in [4.69, 9.17) is 0 Å². The second-order valence-corrected chi connectivity index (χ2v) is 5.54. The lowest BCUT2D eigenvalue weighted by Gasteiger charge is -2.15. The largest absolute Gasteiger partial charge is 0.478 e. The van der Waals surface area contributed by atoms with Gasteiger partial charge in [0.25, 0.3) is 0 Å². The molecule has 2 aromatic rings. The van der Waals surface area contributed by atoms with E-state index in [2.05, 4.69) is 13.0 Å². The molecule has 0 saturated heterocycles. The van der Waals surface area contributed by atoms with Gasteiger partial charge in [-0.2, -0.15) is 0 Å². The molecule has 3 heteroatoms. The molecule has 2 aromatic carbocycles. The summed E-state index contributed by atoms with van der Waals surface area (Å²) in [6, 6.07) is 13.4. The maximum atomic E-state index is 11.7. The van der Waals surface area contributed by atoms with Crippen LogP contribution in [0.4, 0.5) is 0 Å². The number of ketones is 1. The van der Waals surface area contributed by atoms with Crippen LogP contribution >= 0.6 is 0 Å². The van der Waals surface area contributed by atoms with E-state index in [0.29, 0.717) is 19.3 Å². The number of aromatic carboxylic acids is 1. The van der Waals surface area contributed by atoms with Crippen LogP contribution < -0.4 is 0 Å². The second kappa shape index (κ2) is 7.73. The molecule has 0 aliphatic rings. The molecule has 0 aliphatic carbocycles. The average Bonchev–Trinajstić information content (AvgIpc) is 2.59. The lowest BCUT2D eigenvalue weighted by atomic mass is 9.89. The predicted molar refractivity (Wildman–Crippen MR) is 91.8 cm³/mol. The van der Waals surface area contributed by atoms with Crippen molar-refractivity contribution in [2.75, 3.05) is 0 Å². The van der Waals surface area contributed by atoms with E-state index in [1.54, 1.807) is 12.1 Å². The molecule has 0 aliphatic heterocycles. The fraction of sp³-hybridized carbons (Fsp3) is 0.300. The normalized spacial score (nSPS) is 10.5. The van der Waals surface area contributed by atoms with Crippen LogP contribution in [0.2, 0.25) is 0 Å². The first-order chi connectivity index (χ1) is 11.1. The van der Waals surface area contributed by atoms with E-state index >= 15 is 0 Å². The fourth-order valence-corrected chi connectivity index (χ4v) is 2.84. The van der Waals surface area contributed by atoms with Crippen molar-refractivity contribution in [2.24, 2.45) is 0 Å². The van der Waals surface area contributed by atoms with E-state index < -0.39 is 5.97 Å². The van der Waals surface area contributed by atoms with Gasteiger partial charge in [0.2, 0.25) is 0 Å². The summed E-state index contributed by atoms with van der Waals surface area (Å²) >= 11 is 0. The Labute approximate surface area is 137 Å². The van der Waals surface area contributed by atoms with Crippen molar-refractivity contribution in [1.82, 2.24) is 0 Å². The number of carboxylic acid groups (broad SMARTS) is 1. The van der Waals surface area contributed by atoms with E-state index in [1.165, 1.54) is 5.56 Å². The lowest BCUT2D eigenvalue weighted by molar-refractivity contribution is -0.118. The highest BCUT2D eigenvalue weighted by molar-refractivity contribution is 5.93. The minimum Gasteiger partial charge on any atom is -0.478 e. The van der Waals surface area contributed by atoms with Gasteiger partial charge in [-0.05, 0) is 41.2 Å². The number of carboxylic acids is 1. The Morgan fingerprint density at radius 2 is 1.65 bits per heavy atom. The predicted octanol–water partition coefficient (Wildman–Crippen LogP) is 4.53. The Kier molecular flexibility index (Phi) is 5.69. The lowest BCUT2D eigenvalue weighted by Crippen LogP contribution is -2.07. The van der Waals surface area contributed by atoms with Crippen molar-refractivity contribution in [2.45, 2.75) is 39.5 Å². The maximum absolute atomic E-state index is 11.7. The average molecular weight is 310 g/mol. The Morgan fingerprint density at radius 1 is 0.957 bits per heavy atom. The maximum Gasteiger partial charge on any atom is 0.335 e. The van der Waals surface area contributed by atoms with Crippen molar-refractivity contribution < 1.29 is 14.7 Å². The van der Waals surface area contributed by atoms with Crippen LogP contribution in [0.3, 0.4) is 0 Å². The third-order valence-corrected chi connectivity index (χ3v) is 4.14. The number of carbonyl (C=O) groups is 2. The van der Waals surface area contributed by atoms with Crippen molar-refractivity contribution >= 4 is 11.8 Å². The van der Waals surface area contributed by atoms with Gasteiger partial charge in [-0.3, -0.25) is 4.79 Å². The van der Waals surface area contributed by atoms with Gasteiger partial charge in [0.05, 0.1) is 5.56 Å². The number of aryl methyl sites for hydroxylation is 1. The summed E-state index contributed by atoms with van der Waals surface area (Å²) in [5.41, 5.74) is 4.20. The van der Waals surface area contributed by atoms with E-state index in [9.17, 15) is 14.7 Å². The quantitative estimate of drug-likeness (QED) is 0.817. The smallest absolute Gasteiger partial charge is 0.335 e. The number of hydrogen-bond donors (Lipinski definition) is 1. The first kappa shape index (κ1) is 16.9. The number of rotatable bonds is 7. The SMILES string of the molecule is CCC(=O)CCc1c(C(=O)O)cccc1-c1ccccc1CC. The van der Waals surface area contributed by atoms with Crippen LogP contribution in [0.25, 0.3) is 11.1 Å². The van der Waals surface area contributed by atoms with Gasteiger partial charge in [-0.1, -0.05) is 50.2 Å². The summed E-state index contributed by atoms with van der Waals surface area (Å²) < 4.78 is 0. The van der Waals surface area contributed by atoms with E-state index in [0.717, 1.165) is 23.1 Å². The summed E-state index contributed by atoms with van der Waals surface area (Å²) in [6.07, 6.45) is 2.20. The molecular formula is C20H22O3. The number of Topliss-reactive ketones (excluding diaryl/α,β-unsaturated/α-hetero) is 1. The molecule has 0 heterocycles. The number of hydrogen-bond acceptors (Lipinski definition) is 2. The third kappa shape index (κ3) is 3.86. The van der Waals surface area contributed by atoms with Crippen LogP contribution in [0.15, 0.2) is 42.5 Å². The van der Waals surface area contributed by atoms with Crippen molar-refractivity contribution in [3.8, 4) is 11.1 Å². The van der Waals surface area contributed by atoms with E-state index in [-0.39, 0.29) is 11.3 Å². The van der Waals surface area contributed by atoms with Gasteiger partial charge in [-0.15, -0.1) is 0 Å². The minimum absolute atomic E-state index is 0.153. The molecule has 0 radical (unpaired) electrons. The van der Waals surface area contributed by atoms with Crippen LogP contribution in [0.5, 0.6) is 0 Å². The molecule has 0 spiro atoms. The molecule has 0 bridgehead atoms. The van der Waals surface area contributed by atoms with Crippen molar-refractivity contribution in [3.05, 3.63) is 59.2 Å². The van der Waals surface area contributed by atoms with Gasteiger partial charge in [-0.25, -0.2) is 4.79 Å². The number of carbonyl (C=O) groups excluding carboxylic acids is 1. The highest BCUT2D eigenvalue weighted by atomic mass is 16.4. The molecule has 0 amide bonds. The third-order valence-electron chi connectivity index (χ3n) is 4.14. The number of benzene rings is 2. The molecule has 2 rings (SSSR count). The summed E-state index contributed by atoms with van der Waals surface area (Å²) in [4.78, 5) is 23.3. The van der Waals surface area contributed by atoms with Gasteiger partial charge in [0, 0.05) is 12.8 Å². The molecule has 0 aromatic heterocycles. The zero-order valence-electron chi connectivity index (χ0n) is 13.6. The molecular weight excluding hydrogens is 288 g/mol. The summed E-state index contributed by atoms with van der Waals surface area (Å²) in [5, 5.41) is 9.50. The topological polar surface area (TPSA) is 54.4 Å². The summed E-state index contributed by atoms with van der Waals surface area (Å²) in [6.45, 7) is 3.92. The summed E-state index contributed by atoms with van der Waals surface area (Å²) in [7, 11) is 0. The molecule has 1 N–H and O–H groups in total. The van der Waals surface area contributed by atoms with Crippen molar-refractivity contribution in [3.63, 3.8) is 0 Å². The van der Waals surface area contributed by atoms with Crippen LogP contribution in [0.1, 0.15) is 48.2 Å². The molecule has 120 valence electrons. The van der Waals surface area contributed by atoms with Crippen LogP contribution in [-0.2, 0) is 17.6 Å². The molecule has 23 heavy (non-hydrogen) atoms. The summed E-state index contributed by atoms with van der Waals surface area (Å²) in [5.74, 6) is -0.792. The standard InChI is InChI=1S/C20H22O3/c1-3-14-8-5-6-9-16(14)17-10-7-11-19(20(22)23)18(17)13-12-15(21)4-2/h5-11H,3-4,12-13H2,1-2H3,(H,22,23). The Morgan fingerprint density at radius 3 is 2.30 bits per heavy atom. The van der Waals surface area contributed by atoms with Crippen LogP contribution in [0, 0.1) is 0 Å². The first-order valence-corrected chi connectivity index (χ1v) is 8.03. The zero-order valence-corrected chi connectivity index (χ0v) is 13.6. The minimum atomic E-state index is -0.945. The molecule has 0 atom stereocenters. The molecule has 3 nitrogen and oxygen atoms in total. The van der Waals surface area contributed by atoms with Gasteiger partial charge < -0.3 is 5.11 Å². The second-order valence-electron chi connectivity index (χ2n) is 5.54. The highest BCUT2D eigenvalue weighted by Crippen LogP contribution is 2.30. The zero-order chi connectivity index (χ0) is 16.8. The fourth-order valence-electron chi connectivity index (χ4n) is 2.84. The highest BCUT2D eigenvalue weighted by Gasteiger charge is 2.17. The Bertz CT molecular complexity index is 717. The Hall–Kier alpha value is -2.42. The first-order valence-electron chi connectivity index (χ1n) is 8.03. The van der Waals surface area contributed by atoms with Crippen molar-refractivity contribution in [1.29, 1.82) is 0 Å².